The molecule has 0 aromatic rings. The van der Waals surface area contributed by atoms with E-state index in [0.717, 1.165) is 19.4 Å². The minimum absolute atomic E-state index is 0.118. The van der Waals surface area contributed by atoms with Gasteiger partial charge in [-0.1, -0.05) is 41.0 Å². The van der Waals surface area contributed by atoms with Gasteiger partial charge in [-0.15, -0.1) is 0 Å². The van der Waals surface area contributed by atoms with Crippen molar-refractivity contribution in [2.45, 2.75) is 60.4 Å². The van der Waals surface area contributed by atoms with Crippen LogP contribution in [0.4, 0.5) is 0 Å². The van der Waals surface area contributed by atoms with E-state index in [1.54, 1.807) is 0 Å². The predicted molar refractivity (Wildman–Crippen MR) is 76.4 cm³/mol. The standard InChI is InChI=1S/C15H30N2O/c1-7-8-11(2)17-13(18)10-16-9-12-14(3,4)15(12,5)6/h11-12,16H,7-10H2,1-6H3,(H,17,18). The monoisotopic (exact) mass is 254 g/mol. The van der Waals surface area contributed by atoms with E-state index >= 15 is 0 Å². The third kappa shape index (κ3) is 3.25. The Morgan fingerprint density at radius 3 is 2.22 bits per heavy atom. The highest BCUT2D eigenvalue weighted by Crippen LogP contribution is 2.67. The molecule has 18 heavy (non-hydrogen) atoms. The van der Waals surface area contributed by atoms with Crippen molar-refractivity contribution in [3.8, 4) is 0 Å². The molecule has 0 aromatic heterocycles. The average Bonchev–Trinajstić information content (AvgIpc) is 2.60. The first-order chi connectivity index (χ1) is 8.23. The van der Waals surface area contributed by atoms with Gasteiger partial charge in [0.1, 0.15) is 0 Å². The molecule has 3 heteroatoms. The van der Waals surface area contributed by atoms with Crippen molar-refractivity contribution in [2.75, 3.05) is 13.1 Å². The molecule has 2 N–H and O–H groups in total. The summed E-state index contributed by atoms with van der Waals surface area (Å²) < 4.78 is 0. The summed E-state index contributed by atoms with van der Waals surface area (Å²) in [5.74, 6) is 0.790. The Hall–Kier alpha value is -0.570. The Labute approximate surface area is 112 Å². The molecule has 0 radical (unpaired) electrons. The lowest BCUT2D eigenvalue weighted by Gasteiger charge is -2.13. The van der Waals surface area contributed by atoms with E-state index in [-0.39, 0.29) is 11.9 Å². The first-order valence-corrected chi connectivity index (χ1v) is 7.23. The maximum absolute atomic E-state index is 11.7. The van der Waals surface area contributed by atoms with Crippen LogP contribution in [0, 0.1) is 16.7 Å². The molecule has 106 valence electrons. The van der Waals surface area contributed by atoms with Crippen LogP contribution in [0.15, 0.2) is 0 Å². The van der Waals surface area contributed by atoms with Gasteiger partial charge in [-0.2, -0.15) is 0 Å². The van der Waals surface area contributed by atoms with Crippen molar-refractivity contribution in [1.29, 1.82) is 0 Å². The Morgan fingerprint density at radius 1 is 1.22 bits per heavy atom. The summed E-state index contributed by atoms with van der Waals surface area (Å²) in [4.78, 5) is 11.7. The Bertz CT molecular complexity index is 283. The van der Waals surface area contributed by atoms with E-state index < -0.39 is 0 Å². The highest BCUT2D eigenvalue weighted by molar-refractivity contribution is 5.78. The van der Waals surface area contributed by atoms with Crippen LogP contribution in [0.25, 0.3) is 0 Å². The molecule has 1 saturated carbocycles. The molecule has 1 fully saturated rings. The van der Waals surface area contributed by atoms with Crippen LogP contribution in [-0.2, 0) is 4.79 Å². The van der Waals surface area contributed by atoms with Gasteiger partial charge in [-0.3, -0.25) is 4.79 Å². The SMILES string of the molecule is CCCC(C)NC(=O)CNCC1C(C)(C)C1(C)C. The van der Waals surface area contributed by atoms with E-state index in [2.05, 4.69) is 52.2 Å². The van der Waals surface area contributed by atoms with Crippen LogP contribution in [0.5, 0.6) is 0 Å². The molecule has 0 spiro atoms. The lowest BCUT2D eigenvalue weighted by atomic mass is 10.0. The molecule has 0 saturated heterocycles. The highest BCUT2D eigenvalue weighted by Gasteiger charge is 2.63. The topological polar surface area (TPSA) is 41.1 Å². The lowest BCUT2D eigenvalue weighted by Crippen LogP contribution is -2.39. The third-order valence-electron chi connectivity index (χ3n) is 5.08. The molecule has 1 rings (SSSR count). The fourth-order valence-electron chi connectivity index (χ4n) is 3.00. The Balaban J connectivity index is 2.18. The molecule has 0 bridgehead atoms. The second-order valence-electron chi connectivity index (χ2n) is 6.88. The van der Waals surface area contributed by atoms with Crippen LogP contribution < -0.4 is 10.6 Å². The number of hydrogen-bond acceptors (Lipinski definition) is 2. The molecular formula is C15H30N2O. The molecule has 1 aliphatic rings. The smallest absolute Gasteiger partial charge is 0.234 e. The number of nitrogens with one attached hydrogen (secondary N) is 2. The van der Waals surface area contributed by atoms with Crippen molar-refractivity contribution in [1.82, 2.24) is 10.6 Å². The average molecular weight is 254 g/mol. The molecule has 0 heterocycles. The van der Waals surface area contributed by atoms with Gasteiger partial charge < -0.3 is 10.6 Å². The van der Waals surface area contributed by atoms with Crippen LogP contribution in [0.1, 0.15) is 54.4 Å². The fraction of sp³-hybridized carbons (Fsp3) is 0.933. The predicted octanol–water partition coefficient (Wildman–Crippen LogP) is 2.56. The minimum atomic E-state index is 0.118. The van der Waals surface area contributed by atoms with Crippen molar-refractivity contribution >= 4 is 5.91 Å². The molecule has 1 aliphatic carbocycles. The van der Waals surface area contributed by atoms with Crippen LogP contribution in [0.3, 0.4) is 0 Å². The summed E-state index contributed by atoms with van der Waals surface area (Å²) >= 11 is 0. The number of amides is 1. The maximum Gasteiger partial charge on any atom is 0.234 e. The molecule has 0 aliphatic heterocycles. The van der Waals surface area contributed by atoms with E-state index in [9.17, 15) is 4.79 Å². The zero-order chi connectivity index (χ0) is 14.0. The molecule has 1 unspecified atom stereocenters. The van der Waals surface area contributed by atoms with Crippen molar-refractivity contribution < 1.29 is 4.79 Å². The fourth-order valence-corrected chi connectivity index (χ4v) is 3.00. The van der Waals surface area contributed by atoms with Crippen LogP contribution in [0.2, 0.25) is 0 Å². The Kier molecular flexibility index (Phi) is 4.82. The molecular weight excluding hydrogens is 224 g/mol. The van der Waals surface area contributed by atoms with E-state index in [0.29, 0.717) is 23.3 Å². The highest BCUT2D eigenvalue weighted by atomic mass is 16.1. The van der Waals surface area contributed by atoms with E-state index in [1.807, 2.05) is 0 Å². The second-order valence-corrected chi connectivity index (χ2v) is 6.88. The zero-order valence-electron chi connectivity index (χ0n) is 12.9. The zero-order valence-corrected chi connectivity index (χ0v) is 12.9. The number of rotatable bonds is 7. The minimum Gasteiger partial charge on any atom is -0.353 e. The normalized spacial score (nSPS) is 22.6. The van der Waals surface area contributed by atoms with Gasteiger partial charge in [0, 0.05) is 6.04 Å². The summed E-state index contributed by atoms with van der Waals surface area (Å²) in [6.07, 6.45) is 2.16. The molecule has 0 aromatic carbocycles. The van der Waals surface area contributed by atoms with Crippen molar-refractivity contribution in [3.05, 3.63) is 0 Å². The number of carbonyl (C=O) groups is 1. The number of carbonyl (C=O) groups excluding carboxylic acids is 1. The summed E-state index contributed by atoms with van der Waals surface area (Å²) in [5.41, 5.74) is 0.790. The van der Waals surface area contributed by atoms with Gasteiger partial charge in [-0.25, -0.2) is 0 Å². The van der Waals surface area contributed by atoms with Gasteiger partial charge in [0.2, 0.25) is 5.91 Å². The van der Waals surface area contributed by atoms with Gasteiger partial charge in [-0.05, 0) is 36.6 Å². The second kappa shape index (κ2) is 5.60. The molecule has 1 amide bonds. The van der Waals surface area contributed by atoms with Crippen molar-refractivity contribution in [3.63, 3.8) is 0 Å². The first-order valence-electron chi connectivity index (χ1n) is 7.23. The van der Waals surface area contributed by atoms with Crippen molar-refractivity contribution in [2.24, 2.45) is 16.7 Å². The van der Waals surface area contributed by atoms with E-state index in [4.69, 9.17) is 0 Å². The molecule has 3 nitrogen and oxygen atoms in total. The lowest BCUT2D eigenvalue weighted by molar-refractivity contribution is -0.120. The van der Waals surface area contributed by atoms with Crippen LogP contribution >= 0.6 is 0 Å². The molecule has 1 atom stereocenters. The van der Waals surface area contributed by atoms with Gasteiger partial charge in [0.25, 0.3) is 0 Å². The number of hydrogen-bond donors (Lipinski definition) is 2. The van der Waals surface area contributed by atoms with Crippen LogP contribution in [-0.4, -0.2) is 25.0 Å². The Morgan fingerprint density at radius 2 is 1.78 bits per heavy atom. The summed E-state index contributed by atoms with van der Waals surface area (Å²) in [6, 6.07) is 0.290. The summed E-state index contributed by atoms with van der Waals surface area (Å²) in [6.45, 7) is 14.8. The van der Waals surface area contributed by atoms with Gasteiger partial charge in [0.05, 0.1) is 6.54 Å². The first kappa shape index (κ1) is 15.5. The largest absolute Gasteiger partial charge is 0.353 e. The summed E-state index contributed by atoms with van der Waals surface area (Å²) in [5, 5.41) is 6.31. The third-order valence-corrected chi connectivity index (χ3v) is 5.08. The van der Waals surface area contributed by atoms with Gasteiger partial charge >= 0.3 is 0 Å². The van der Waals surface area contributed by atoms with E-state index in [1.165, 1.54) is 0 Å². The quantitative estimate of drug-likeness (QED) is 0.733. The maximum atomic E-state index is 11.7. The summed E-state index contributed by atoms with van der Waals surface area (Å²) in [7, 11) is 0. The van der Waals surface area contributed by atoms with Gasteiger partial charge in [0.15, 0.2) is 0 Å².